The topological polar surface area (TPSA) is 50.7 Å². The van der Waals surface area contributed by atoms with E-state index in [-0.39, 0.29) is 0 Å². The van der Waals surface area contributed by atoms with E-state index in [4.69, 9.17) is 9.47 Å². The monoisotopic (exact) mass is 468 g/mol. The van der Waals surface area contributed by atoms with E-state index in [0.29, 0.717) is 17.3 Å². The number of nitrogens with zero attached hydrogens (tertiary/aromatic N) is 4. The number of ether oxygens (including phenoxy) is 2. The lowest BCUT2D eigenvalue weighted by Gasteiger charge is -2.48. The van der Waals surface area contributed by atoms with Crippen LogP contribution in [-0.4, -0.2) is 67.1 Å². The highest BCUT2D eigenvalue weighted by Crippen LogP contribution is 2.49. The van der Waals surface area contributed by atoms with Crippen molar-refractivity contribution in [2.24, 2.45) is 11.3 Å². The number of para-hydroxylation sites is 1. The molecule has 4 fully saturated rings. The number of hydrogen-bond donors (Lipinski definition) is 0. The van der Waals surface area contributed by atoms with E-state index < -0.39 is 0 Å². The van der Waals surface area contributed by atoms with E-state index in [9.17, 15) is 0 Å². The Morgan fingerprint density at radius 3 is 2.67 bits per heavy atom. The Labute approximate surface area is 201 Å². The van der Waals surface area contributed by atoms with Crippen LogP contribution in [0, 0.1) is 11.3 Å². The van der Waals surface area contributed by atoms with Gasteiger partial charge in [0.1, 0.15) is 11.3 Å². The zero-order chi connectivity index (χ0) is 22.1. The number of benzene rings is 1. The van der Waals surface area contributed by atoms with Gasteiger partial charge >= 0.3 is 0 Å². The number of likely N-dealkylation sites (tertiary alicyclic amines) is 1. The summed E-state index contributed by atoms with van der Waals surface area (Å²) in [6.07, 6.45) is 8.84. The Hall–Kier alpha value is -1.70. The lowest BCUT2D eigenvalue weighted by Crippen LogP contribution is -2.56. The lowest BCUT2D eigenvalue weighted by atomic mass is 9.78. The Morgan fingerprint density at radius 2 is 1.88 bits per heavy atom. The maximum Gasteiger partial charge on any atom is 0.208 e. The maximum absolute atomic E-state index is 6.36. The van der Waals surface area contributed by atoms with E-state index in [0.717, 1.165) is 49.6 Å². The maximum atomic E-state index is 6.36. The molecule has 0 bridgehead atoms. The van der Waals surface area contributed by atoms with Crippen LogP contribution in [0.15, 0.2) is 29.8 Å². The summed E-state index contributed by atoms with van der Waals surface area (Å²) in [6.45, 7) is 7.39. The highest BCUT2D eigenvalue weighted by Gasteiger charge is 2.50. The summed E-state index contributed by atoms with van der Waals surface area (Å²) in [7, 11) is 0. The minimum atomic E-state index is 0.526. The number of piperidine rings is 1. The second-order valence-electron chi connectivity index (χ2n) is 10.7. The van der Waals surface area contributed by atoms with Crippen molar-refractivity contribution in [2.75, 3.05) is 50.9 Å². The molecule has 33 heavy (non-hydrogen) atoms. The van der Waals surface area contributed by atoms with Gasteiger partial charge in [0, 0.05) is 37.8 Å². The molecular formula is C26H36N4O2S. The fourth-order valence-corrected chi connectivity index (χ4v) is 7.19. The van der Waals surface area contributed by atoms with E-state index in [1.165, 1.54) is 63.8 Å². The Kier molecular flexibility index (Phi) is 6.28. The number of anilines is 1. The summed E-state index contributed by atoms with van der Waals surface area (Å²) in [6, 6.07) is 9.56. The molecule has 0 radical (unpaired) electrons. The van der Waals surface area contributed by atoms with Crippen molar-refractivity contribution < 1.29 is 9.47 Å². The van der Waals surface area contributed by atoms with E-state index >= 15 is 0 Å². The fraction of sp³-hybridized carbons (Fsp3) is 0.692. The number of rotatable bonds is 6. The molecule has 3 aliphatic heterocycles. The van der Waals surface area contributed by atoms with Crippen molar-refractivity contribution in [3.8, 4) is 5.75 Å². The molecule has 1 aromatic carbocycles. The molecular weight excluding hydrogens is 432 g/mol. The molecule has 6 rings (SSSR count). The quantitative estimate of drug-likeness (QED) is 0.618. The first-order valence-corrected chi connectivity index (χ1v) is 13.7. The summed E-state index contributed by atoms with van der Waals surface area (Å²) in [5.41, 5.74) is 3.80. The van der Waals surface area contributed by atoms with Crippen molar-refractivity contribution >= 4 is 16.5 Å². The molecule has 0 amide bonds. The average molecular weight is 469 g/mol. The first-order chi connectivity index (χ1) is 16.3. The SMILES string of the molecule is c1ccc(C2CCN(C3CCC4(C3)CN(c3nncs3)C4)CC2)c(OCC2CCOCC2)c1. The first-order valence-electron chi connectivity index (χ1n) is 12.8. The second-order valence-corrected chi connectivity index (χ2v) is 11.5. The van der Waals surface area contributed by atoms with Gasteiger partial charge in [0.2, 0.25) is 5.13 Å². The zero-order valence-electron chi connectivity index (χ0n) is 19.5. The van der Waals surface area contributed by atoms with Crippen molar-refractivity contribution in [1.82, 2.24) is 15.1 Å². The third-order valence-electron chi connectivity index (χ3n) is 8.57. The highest BCUT2D eigenvalue weighted by atomic mass is 32.1. The average Bonchev–Trinajstić information content (AvgIpc) is 3.53. The van der Waals surface area contributed by atoms with Crippen molar-refractivity contribution in [2.45, 2.75) is 56.9 Å². The molecule has 4 heterocycles. The summed E-state index contributed by atoms with van der Waals surface area (Å²) in [5.74, 6) is 2.38. The van der Waals surface area contributed by atoms with Crippen LogP contribution in [0.5, 0.6) is 5.75 Å². The van der Waals surface area contributed by atoms with Gasteiger partial charge in [0.25, 0.3) is 0 Å². The van der Waals surface area contributed by atoms with Crippen LogP contribution in [0.1, 0.15) is 56.4 Å². The molecule has 1 aliphatic carbocycles. The van der Waals surface area contributed by atoms with Crippen LogP contribution in [0.4, 0.5) is 5.13 Å². The smallest absolute Gasteiger partial charge is 0.208 e. The van der Waals surface area contributed by atoms with Crippen LogP contribution in [0.2, 0.25) is 0 Å². The van der Waals surface area contributed by atoms with Gasteiger partial charge in [-0.3, -0.25) is 0 Å². The molecule has 1 spiro atoms. The number of hydrogen-bond acceptors (Lipinski definition) is 7. The van der Waals surface area contributed by atoms with Crippen LogP contribution in [0.25, 0.3) is 0 Å². The van der Waals surface area contributed by atoms with Gasteiger partial charge in [0.05, 0.1) is 6.61 Å². The predicted octanol–water partition coefficient (Wildman–Crippen LogP) is 4.58. The van der Waals surface area contributed by atoms with Gasteiger partial charge in [-0.1, -0.05) is 29.5 Å². The molecule has 1 atom stereocenters. The zero-order valence-corrected chi connectivity index (χ0v) is 20.3. The molecule has 1 saturated carbocycles. The van der Waals surface area contributed by atoms with E-state index in [1.807, 2.05) is 5.51 Å². The molecule has 0 N–H and O–H groups in total. The fourth-order valence-electron chi connectivity index (χ4n) is 6.62. The predicted molar refractivity (Wildman–Crippen MR) is 131 cm³/mol. The summed E-state index contributed by atoms with van der Waals surface area (Å²) in [5, 5.41) is 9.36. The van der Waals surface area contributed by atoms with Crippen LogP contribution >= 0.6 is 11.3 Å². The van der Waals surface area contributed by atoms with Crippen LogP contribution < -0.4 is 9.64 Å². The van der Waals surface area contributed by atoms with Crippen molar-refractivity contribution in [3.05, 3.63) is 35.3 Å². The molecule has 1 unspecified atom stereocenters. The number of aromatic nitrogens is 2. The Morgan fingerprint density at radius 1 is 1.06 bits per heavy atom. The molecule has 6 nitrogen and oxygen atoms in total. The van der Waals surface area contributed by atoms with E-state index in [1.54, 1.807) is 11.3 Å². The summed E-state index contributed by atoms with van der Waals surface area (Å²) >= 11 is 1.67. The second kappa shape index (κ2) is 9.51. The third-order valence-corrected chi connectivity index (χ3v) is 9.32. The Balaban J connectivity index is 1.01. The van der Waals surface area contributed by atoms with Gasteiger partial charge in [-0.15, -0.1) is 10.2 Å². The largest absolute Gasteiger partial charge is 0.493 e. The molecule has 7 heteroatoms. The first kappa shape index (κ1) is 21.8. The molecule has 1 aromatic heterocycles. The van der Waals surface area contributed by atoms with Crippen LogP contribution in [0.3, 0.4) is 0 Å². The third kappa shape index (κ3) is 4.64. The lowest BCUT2D eigenvalue weighted by molar-refractivity contribution is 0.0494. The van der Waals surface area contributed by atoms with Gasteiger partial charge in [-0.05, 0) is 81.5 Å². The molecule has 4 aliphatic rings. The minimum Gasteiger partial charge on any atom is -0.493 e. The van der Waals surface area contributed by atoms with Gasteiger partial charge in [0.15, 0.2) is 0 Å². The standard InChI is InChI=1S/C26H36N4O2S/c1-2-4-24(32-16-20-8-13-31-14-9-20)23(3-1)21-6-11-29(12-7-21)22-5-10-26(15-22)17-30(18-26)25-28-27-19-33-25/h1-4,19-22H,5-18H2. The van der Waals surface area contributed by atoms with Gasteiger partial charge < -0.3 is 19.3 Å². The molecule has 178 valence electrons. The molecule has 3 saturated heterocycles. The normalized spacial score (nSPS) is 26.5. The van der Waals surface area contributed by atoms with E-state index in [2.05, 4.69) is 44.3 Å². The highest BCUT2D eigenvalue weighted by molar-refractivity contribution is 7.13. The summed E-state index contributed by atoms with van der Waals surface area (Å²) in [4.78, 5) is 5.22. The van der Waals surface area contributed by atoms with Crippen molar-refractivity contribution in [1.29, 1.82) is 0 Å². The van der Waals surface area contributed by atoms with Crippen molar-refractivity contribution in [3.63, 3.8) is 0 Å². The van der Waals surface area contributed by atoms with Gasteiger partial charge in [-0.25, -0.2) is 0 Å². The van der Waals surface area contributed by atoms with Gasteiger partial charge in [-0.2, -0.15) is 0 Å². The Bertz CT molecular complexity index is 903. The molecule has 2 aromatic rings. The van der Waals surface area contributed by atoms with Crippen LogP contribution in [-0.2, 0) is 4.74 Å². The minimum absolute atomic E-state index is 0.526. The summed E-state index contributed by atoms with van der Waals surface area (Å²) < 4.78 is 11.9.